The summed E-state index contributed by atoms with van der Waals surface area (Å²) in [6, 6.07) is 9.67. The molecule has 0 unspecified atom stereocenters. The van der Waals surface area contributed by atoms with Crippen molar-refractivity contribution in [2.75, 3.05) is 25.5 Å². The first-order valence-corrected chi connectivity index (χ1v) is 7.41. The van der Waals surface area contributed by atoms with E-state index in [4.69, 9.17) is 4.74 Å². The number of benzene rings is 1. The molecule has 5 heteroatoms. The van der Waals surface area contributed by atoms with E-state index in [1.165, 1.54) is 4.88 Å². The van der Waals surface area contributed by atoms with Gasteiger partial charge in [0.15, 0.2) is 5.75 Å². The van der Waals surface area contributed by atoms with Gasteiger partial charge in [-0.05, 0) is 23.6 Å². The van der Waals surface area contributed by atoms with Gasteiger partial charge >= 0.3 is 0 Å². The molecule has 0 saturated heterocycles. The molecule has 0 radical (unpaired) electrons. The molecule has 4 nitrogen and oxygen atoms in total. The monoisotopic (exact) mass is 288 g/mol. The number of anilines is 1. The minimum atomic E-state index is -0.0149. The fraction of sp³-hybridized carbons (Fsp3) is 0.267. The topological polar surface area (TPSA) is 41.6 Å². The molecule has 1 N–H and O–H groups in total. The molecule has 0 aliphatic carbocycles. The number of fused-ring (bicyclic) bond motifs is 1. The largest absolute Gasteiger partial charge is 0.489 e. The van der Waals surface area contributed by atoms with Gasteiger partial charge in [0.05, 0.1) is 17.8 Å². The first kappa shape index (κ1) is 13.0. The lowest BCUT2D eigenvalue weighted by Crippen LogP contribution is -2.28. The third kappa shape index (κ3) is 2.49. The number of rotatable bonds is 3. The first-order valence-electron chi connectivity index (χ1n) is 6.53. The second-order valence-corrected chi connectivity index (χ2v) is 5.73. The molecular weight excluding hydrogens is 272 g/mol. The highest BCUT2D eigenvalue weighted by Gasteiger charge is 2.21. The van der Waals surface area contributed by atoms with Crippen molar-refractivity contribution in [2.45, 2.75) is 6.54 Å². The van der Waals surface area contributed by atoms with E-state index < -0.39 is 0 Å². The third-order valence-corrected chi connectivity index (χ3v) is 4.09. The summed E-state index contributed by atoms with van der Waals surface area (Å²) in [4.78, 5) is 15.5. The zero-order valence-corrected chi connectivity index (χ0v) is 12.1. The van der Waals surface area contributed by atoms with Crippen LogP contribution >= 0.6 is 11.3 Å². The van der Waals surface area contributed by atoms with Crippen molar-refractivity contribution >= 4 is 22.9 Å². The lowest BCUT2D eigenvalue weighted by Gasteiger charge is -2.23. The van der Waals surface area contributed by atoms with Crippen LogP contribution in [0.2, 0.25) is 0 Å². The Morgan fingerprint density at radius 2 is 2.30 bits per heavy atom. The van der Waals surface area contributed by atoms with E-state index >= 15 is 0 Å². The predicted octanol–water partition coefficient (Wildman–Crippen LogP) is 2.82. The molecule has 3 rings (SSSR count). The normalized spacial score (nSPS) is 13.1. The van der Waals surface area contributed by atoms with Crippen molar-refractivity contribution in [2.24, 2.45) is 0 Å². The Labute approximate surface area is 122 Å². The van der Waals surface area contributed by atoms with Crippen LogP contribution in [-0.4, -0.2) is 31.0 Å². The van der Waals surface area contributed by atoms with Gasteiger partial charge in [-0.2, -0.15) is 0 Å². The minimum Gasteiger partial charge on any atom is -0.489 e. The summed E-state index contributed by atoms with van der Waals surface area (Å²) in [6.07, 6.45) is 0. The maximum Gasteiger partial charge on any atom is 0.257 e. The van der Waals surface area contributed by atoms with Gasteiger partial charge in [-0.3, -0.25) is 4.79 Å². The first-order chi connectivity index (χ1) is 9.75. The Morgan fingerprint density at radius 1 is 1.40 bits per heavy atom. The van der Waals surface area contributed by atoms with Gasteiger partial charge in [-0.1, -0.05) is 12.1 Å². The SMILES string of the molecule is CN(Cc1cccs1)C(=O)c1cccc2c1OCCN2. The predicted molar refractivity (Wildman–Crippen MR) is 80.5 cm³/mol. The van der Waals surface area contributed by atoms with Crippen LogP contribution in [0.5, 0.6) is 5.75 Å². The van der Waals surface area contributed by atoms with Gasteiger partial charge < -0.3 is 15.0 Å². The molecule has 0 saturated carbocycles. The number of nitrogens with one attached hydrogen (secondary N) is 1. The van der Waals surface area contributed by atoms with Crippen LogP contribution in [0.4, 0.5) is 5.69 Å². The smallest absolute Gasteiger partial charge is 0.257 e. The van der Waals surface area contributed by atoms with E-state index in [9.17, 15) is 4.79 Å². The number of ether oxygens (including phenoxy) is 1. The number of amides is 1. The number of carbonyl (C=O) groups is 1. The second kappa shape index (κ2) is 5.54. The molecule has 0 spiro atoms. The Morgan fingerprint density at radius 3 is 3.10 bits per heavy atom. The van der Waals surface area contributed by atoms with Crippen molar-refractivity contribution < 1.29 is 9.53 Å². The van der Waals surface area contributed by atoms with Gasteiger partial charge in [0.2, 0.25) is 0 Å². The van der Waals surface area contributed by atoms with Crippen molar-refractivity contribution in [3.63, 3.8) is 0 Å². The summed E-state index contributed by atoms with van der Waals surface area (Å²) in [7, 11) is 1.82. The van der Waals surface area contributed by atoms with Crippen molar-refractivity contribution in [3.05, 3.63) is 46.2 Å². The Kier molecular flexibility index (Phi) is 3.60. The summed E-state index contributed by atoms with van der Waals surface area (Å²) in [5.41, 5.74) is 1.51. The zero-order valence-electron chi connectivity index (χ0n) is 11.3. The molecule has 0 atom stereocenters. The average molecular weight is 288 g/mol. The van der Waals surface area contributed by atoms with Crippen LogP contribution < -0.4 is 10.1 Å². The summed E-state index contributed by atoms with van der Waals surface area (Å²) in [6.45, 7) is 1.98. The Hall–Kier alpha value is -2.01. The average Bonchev–Trinajstić information content (AvgIpc) is 2.99. The zero-order chi connectivity index (χ0) is 13.9. The van der Waals surface area contributed by atoms with E-state index in [1.807, 2.05) is 42.8 Å². The van der Waals surface area contributed by atoms with E-state index in [0.29, 0.717) is 24.5 Å². The van der Waals surface area contributed by atoms with Crippen LogP contribution in [0.1, 0.15) is 15.2 Å². The molecule has 0 fully saturated rings. The van der Waals surface area contributed by atoms with Crippen LogP contribution in [0.15, 0.2) is 35.7 Å². The standard InChI is InChI=1S/C15H16N2O2S/c1-17(10-11-4-3-9-20-11)15(18)12-5-2-6-13-14(12)19-8-7-16-13/h2-6,9,16H,7-8,10H2,1H3. The van der Waals surface area contributed by atoms with E-state index in [1.54, 1.807) is 16.2 Å². The third-order valence-electron chi connectivity index (χ3n) is 3.23. The maximum atomic E-state index is 12.6. The van der Waals surface area contributed by atoms with Gasteiger partial charge in [0.1, 0.15) is 6.61 Å². The summed E-state index contributed by atoms with van der Waals surface area (Å²) in [5, 5.41) is 5.27. The van der Waals surface area contributed by atoms with Gasteiger partial charge in [0, 0.05) is 18.5 Å². The molecule has 1 aliphatic rings. The quantitative estimate of drug-likeness (QED) is 0.944. The molecule has 0 bridgehead atoms. The van der Waals surface area contributed by atoms with Crippen LogP contribution in [0.3, 0.4) is 0 Å². The lowest BCUT2D eigenvalue weighted by atomic mass is 10.1. The highest BCUT2D eigenvalue weighted by atomic mass is 32.1. The van der Waals surface area contributed by atoms with Gasteiger partial charge in [-0.25, -0.2) is 0 Å². The van der Waals surface area contributed by atoms with E-state index in [2.05, 4.69) is 5.32 Å². The lowest BCUT2D eigenvalue weighted by molar-refractivity contribution is 0.0782. The summed E-state index contributed by atoms with van der Waals surface area (Å²) in [5.74, 6) is 0.653. The maximum absolute atomic E-state index is 12.6. The van der Waals surface area contributed by atoms with Crippen LogP contribution in [-0.2, 0) is 6.54 Å². The minimum absolute atomic E-state index is 0.0149. The molecular formula is C15H16N2O2S. The molecule has 1 aromatic heterocycles. The van der Waals surface area contributed by atoms with Gasteiger partial charge in [-0.15, -0.1) is 11.3 Å². The summed E-state index contributed by atoms with van der Waals surface area (Å²) < 4.78 is 5.65. The second-order valence-electron chi connectivity index (χ2n) is 4.70. The molecule has 20 heavy (non-hydrogen) atoms. The van der Waals surface area contributed by atoms with Crippen molar-refractivity contribution in [1.82, 2.24) is 4.90 Å². The highest BCUT2D eigenvalue weighted by Crippen LogP contribution is 2.32. The van der Waals surface area contributed by atoms with Crippen LogP contribution in [0, 0.1) is 0 Å². The number of thiophene rings is 1. The van der Waals surface area contributed by atoms with E-state index in [-0.39, 0.29) is 5.91 Å². The highest BCUT2D eigenvalue weighted by molar-refractivity contribution is 7.09. The molecule has 104 valence electrons. The van der Waals surface area contributed by atoms with Gasteiger partial charge in [0.25, 0.3) is 5.91 Å². The fourth-order valence-corrected chi connectivity index (χ4v) is 3.01. The molecule has 1 amide bonds. The molecule has 1 aromatic carbocycles. The number of hydrogen-bond donors (Lipinski definition) is 1. The Balaban J connectivity index is 1.83. The van der Waals surface area contributed by atoms with Crippen LogP contribution in [0.25, 0.3) is 0 Å². The Bertz CT molecular complexity index is 610. The van der Waals surface area contributed by atoms with E-state index in [0.717, 1.165) is 12.2 Å². The molecule has 2 aromatic rings. The van der Waals surface area contributed by atoms with Crippen molar-refractivity contribution in [1.29, 1.82) is 0 Å². The summed E-state index contributed by atoms with van der Waals surface area (Å²) >= 11 is 1.66. The number of hydrogen-bond acceptors (Lipinski definition) is 4. The number of carbonyl (C=O) groups excluding carboxylic acids is 1. The molecule has 1 aliphatic heterocycles. The number of para-hydroxylation sites is 1. The fourth-order valence-electron chi connectivity index (χ4n) is 2.25. The number of nitrogens with zero attached hydrogens (tertiary/aromatic N) is 1. The molecule has 2 heterocycles. The van der Waals surface area contributed by atoms with Crippen molar-refractivity contribution in [3.8, 4) is 5.75 Å².